The van der Waals surface area contributed by atoms with Crippen LogP contribution in [0.15, 0.2) is 22.5 Å². The molecule has 0 aromatic carbocycles. The Morgan fingerprint density at radius 2 is 2.24 bits per heavy atom. The van der Waals surface area contributed by atoms with Gasteiger partial charge in [-0.25, -0.2) is 0 Å². The molecule has 0 aliphatic heterocycles. The Hall–Kier alpha value is -1.11. The van der Waals surface area contributed by atoms with Crippen LogP contribution in [0, 0.1) is 0 Å². The van der Waals surface area contributed by atoms with Crippen molar-refractivity contribution >= 4 is 17.3 Å². The Morgan fingerprint density at radius 3 is 2.90 bits per heavy atom. The van der Waals surface area contributed by atoms with Gasteiger partial charge in [0.2, 0.25) is 0 Å². The largest absolute Gasteiger partial charge is 0.383 e. The normalized spacial score (nSPS) is 11.9. The molecule has 0 radical (unpaired) electrons. The minimum Gasteiger partial charge on any atom is -0.383 e. The highest BCUT2D eigenvalue weighted by Crippen LogP contribution is 2.07. The van der Waals surface area contributed by atoms with Gasteiger partial charge in [0.15, 0.2) is 5.96 Å². The number of nitrogens with zero attached hydrogens (tertiary/aromatic N) is 2. The summed E-state index contributed by atoms with van der Waals surface area (Å²) in [5.74, 6) is 0.897. The van der Waals surface area contributed by atoms with Gasteiger partial charge in [-0.05, 0) is 31.8 Å². The molecular weight excluding hydrogens is 284 g/mol. The highest BCUT2D eigenvalue weighted by atomic mass is 32.1. The van der Waals surface area contributed by atoms with Gasteiger partial charge in [0, 0.05) is 38.2 Å². The summed E-state index contributed by atoms with van der Waals surface area (Å²) >= 11 is 1.80. The second kappa shape index (κ2) is 11.5. The standard InChI is InChI=1S/C15H28N4OS/c1-4-16-15(17-8-7-14-6-5-13-21-14)18-9-10-19(2)11-12-20-3/h5-6,13H,4,7-12H2,1-3H3,(H2,16,17,18). The predicted octanol–water partition coefficient (Wildman–Crippen LogP) is 1.42. The lowest BCUT2D eigenvalue weighted by Crippen LogP contribution is -2.39. The molecule has 6 heteroatoms. The average molecular weight is 312 g/mol. The van der Waals surface area contributed by atoms with E-state index in [9.17, 15) is 0 Å². The number of rotatable bonds is 10. The van der Waals surface area contributed by atoms with Crippen LogP contribution in [0.25, 0.3) is 0 Å². The molecule has 1 aromatic heterocycles. The Morgan fingerprint density at radius 1 is 1.38 bits per heavy atom. The van der Waals surface area contributed by atoms with Crippen LogP contribution in [0.1, 0.15) is 11.8 Å². The van der Waals surface area contributed by atoms with Gasteiger partial charge in [-0.1, -0.05) is 6.07 Å². The van der Waals surface area contributed by atoms with E-state index < -0.39 is 0 Å². The molecule has 1 heterocycles. The minimum absolute atomic E-state index is 0.763. The van der Waals surface area contributed by atoms with E-state index in [1.807, 2.05) is 0 Å². The maximum absolute atomic E-state index is 5.07. The Kier molecular flexibility index (Phi) is 9.86. The van der Waals surface area contributed by atoms with Crippen LogP contribution < -0.4 is 10.6 Å². The molecule has 0 saturated heterocycles. The molecule has 0 aliphatic carbocycles. The summed E-state index contributed by atoms with van der Waals surface area (Å²) in [4.78, 5) is 8.22. The highest BCUT2D eigenvalue weighted by molar-refractivity contribution is 7.09. The number of likely N-dealkylation sites (N-methyl/N-ethyl adjacent to an activating group) is 1. The summed E-state index contributed by atoms with van der Waals surface area (Å²) in [6.07, 6.45) is 1.04. The zero-order chi connectivity index (χ0) is 15.3. The molecule has 2 N–H and O–H groups in total. The third kappa shape index (κ3) is 8.70. The van der Waals surface area contributed by atoms with Crippen LogP contribution in [0.3, 0.4) is 0 Å². The van der Waals surface area contributed by atoms with E-state index in [1.54, 1.807) is 18.4 Å². The second-order valence-corrected chi connectivity index (χ2v) is 5.85. The Balaban J connectivity index is 2.25. The number of thiophene rings is 1. The Labute approximate surface area is 132 Å². The molecule has 0 aliphatic rings. The fraction of sp³-hybridized carbons (Fsp3) is 0.667. The molecule has 1 aromatic rings. The Bertz CT molecular complexity index is 381. The van der Waals surface area contributed by atoms with E-state index in [-0.39, 0.29) is 0 Å². The first-order valence-corrected chi connectivity index (χ1v) is 8.36. The van der Waals surface area contributed by atoms with Gasteiger partial charge >= 0.3 is 0 Å². The number of hydrogen-bond donors (Lipinski definition) is 2. The number of ether oxygens (including phenoxy) is 1. The first-order valence-electron chi connectivity index (χ1n) is 7.48. The summed E-state index contributed by atoms with van der Waals surface area (Å²) in [5.41, 5.74) is 0. The van der Waals surface area contributed by atoms with Crippen molar-refractivity contribution in [2.24, 2.45) is 4.99 Å². The fourth-order valence-corrected chi connectivity index (χ4v) is 2.50. The summed E-state index contributed by atoms with van der Waals surface area (Å²) in [7, 11) is 3.82. The number of guanidine groups is 1. The minimum atomic E-state index is 0.763. The van der Waals surface area contributed by atoms with Crippen LogP contribution in [-0.4, -0.2) is 64.3 Å². The molecule has 21 heavy (non-hydrogen) atoms. The van der Waals surface area contributed by atoms with Crippen molar-refractivity contribution in [1.29, 1.82) is 0 Å². The molecule has 0 amide bonds. The highest BCUT2D eigenvalue weighted by Gasteiger charge is 2.00. The molecule has 0 saturated carbocycles. The summed E-state index contributed by atoms with van der Waals surface area (Å²) in [6, 6.07) is 4.26. The molecule has 0 atom stereocenters. The van der Waals surface area contributed by atoms with Crippen molar-refractivity contribution in [1.82, 2.24) is 15.5 Å². The summed E-state index contributed by atoms with van der Waals surface area (Å²) in [5, 5.41) is 8.77. The van der Waals surface area contributed by atoms with Crippen LogP contribution in [0.2, 0.25) is 0 Å². The molecule has 0 unspecified atom stereocenters. The van der Waals surface area contributed by atoms with E-state index in [2.05, 4.69) is 52.0 Å². The first kappa shape index (κ1) is 17.9. The van der Waals surface area contributed by atoms with Gasteiger partial charge in [-0.3, -0.25) is 4.99 Å². The van der Waals surface area contributed by atoms with E-state index in [0.29, 0.717) is 0 Å². The van der Waals surface area contributed by atoms with Crippen LogP contribution >= 0.6 is 11.3 Å². The predicted molar refractivity (Wildman–Crippen MR) is 91.4 cm³/mol. The lowest BCUT2D eigenvalue weighted by atomic mass is 10.3. The third-order valence-electron chi connectivity index (χ3n) is 3.02. The molecule has 0 fully saturated rings. The van der Waals surface area contributed by atoms with Crippen molar-refractivity contribution in [2.75, 3.05) is 53.5 Å². The fourth-order valence-electron chi connectivity index (χ4n) is 1.79. The van der Waals surface area contributed by atoms with E-state index in [4.69, 9.17) is 4.74 Å². The number of methoxy groups -OCH3 is 1. The summed E-state index contributed by atoms with van der Waals surface area (Å²) < 4.78 is 5.07. The lowest BCUT2D eigenvalue weighted by Gasteiger charge is -2.15. The summed E-state index contributed by atoms with van der Waals surface area (Å²) in [6.45, 7) is 7.30. The van der Waals surface area contributed by atoms with Gasteiger partial charge in [0.05, 0.1) is 13.2 Å². The van der Waals surface area contributed by atoms with Crippen molar-refractivity contribution in [3.63, 3.8) is 0 Å². The van der Waals surface area contributed by atoms with Gasteiger partial charge in [0.25, 0.3) is 0 Å². The average Bonchev–Trinajstić information content (AvgIpc) is 2.98. The van der Waals surface area contributed by atoms with Crippen LogP contribution in [0.4, 0.5) is 0 Å². The second-order valence-electron chi connectivity index (χ2n) is 4.81. The third-order valence-corrected chi connectivity index (χ3v) is 3.95. The molecule has 0 bridgehead atoms. The van der Waals surface area contributed by atoms with Crippen molar-refractivity contribution in [3.05, 3.63) is 22.4 Å². The first-order chi connectivity index (χ1) is 10.3. The molecule has 0 spiro atoms. The number of nitrogens with one attached hydrogen (secondary N) is 2. The van der Waals surface area contributed by atoms with Crippen molar-refractivity contribution in [2.45, 2.75) is 13.3 Å². The van der Waals surface area contributed by atoms with E-state index >= 15 is 0 Å². The maximum Gasteiger partial charge on any atom is 0.191 e. The van der Waals surface area contributed by atoms with Gasteiger partial charge < -0.3 is 20.3 Å². The van der Waals surface area contributed by atoms with Gasteiger partial charge in [-0.2, -0.15) is 0 Å². The zero-order valence-electron chi connectivity index (χ0n) is 13.4. The van der Waals surface area contributed by atoms with E-state index in [1.165, 1.54) is 4.88 Å². The topological polar surface area (TPSA) is 48.9 Å². The van der Waals surface area contributed by atoms with E-state index in [0.717, 1.165) is 51.7 Å². The monoisotopic (exact) mass is 312 g/mol. The molecule has 5 nitrogen and oxygen atoms in total. The zero-order valence-corrected chi connectivity index (χ0v) is 14.2. The SMILES string of the molecule is CCNC(=NCCN(C)CCOC)NCCc1cccs1. The number of hydrogen-bond acceptors (Lipinski definition) is 4. The van der Waals surface area contributed by atoms with Gasteiger partial charge in [0.1, 0.15) is 0 Å². The smallest absolute Gasteiger partial charge is 0.191 e. The number of aliphatic imine (C=N–C) groups is 1. The van der Waals surface area contributed by atoms with Crippen molar-refractivity contribution < 1.29 is 4.74 Å². The molecular formula is C15H28N4OS. The molecule has 1 rings (SSSR count). The lowest BCUT2D eigenvalue weighted by molar-refractivity contribution is 0.163. The van der Waals surface area contributed by atoms with Crippen LogP contribution in [-0.2, 0) is 11.2 Å². The van der Waals surface area contributed by atoms with Crippen LogP contribution in [0.5, 0.6) is 0 Å². The quantitative estimate of drug-likeness (QED) is 0.507. The van der Waals surface area contributed by atoms with Gasteiger partial charge in [-0.15, -0.1) is 11.3 Å². The molecule has 120 valence electrons. The van der Waals surface area contributed by atoms with Crippen molar-refractivity contribution in [3.8, 4) is 0 Å². The maximum atomic E-state index is 5.07.